The van der Waals surface area contributed by atoms with Gasteiger partial charge in [0.1, 0.15) is 6.26 Å². The summed E-state index contributed by atoms with van der Waals surface area (Å²) in [6, 6.07) is 2.99. The molecule has 8 heteroatoms. The zero-order chi connectivity index (χ0) is 13.3. The summed E-state index contributed by atoms with van der Waals surface area (Å²) in [5.74, 6) is 0. The minimum atomic E-state index is -3.80. The Bertz CT molecular complexity index is 666. The first-order chi connectivity index (χ1) is 8.38. The predicted octanol–water partition coefficient (Wildman–Crippen LogP) is 1.36. The van der Waals surface area contributed by atoms with E-state index in [2.05, 4.69) is 4.98 Å². The maximum absolute atomic E-state index is 11.4. The Morgan fingerprint density at radius 3 is 2.67 bits per heavy atom. The van der Waals surface area contributed by atoms with Crippen LogP contribution in [-0.4, -0.2) is 13.4 Å². The number of nitrogens with two attached hydrogens (primary N) is 2. The molecular formula is C10H11N3O3S2. The summed E-state index contributed by atoms with van der Waals surface area (Å²) >= 11 is 1.19. The third-order valence-corrected chi connectivity index (χ3v) is 4.31. The number of anilines is 1. The van der Waals surface area contributed by atoms with Crippen LogP contribution in [0.2, 0.25) is 0 Å². The first-order valence-corrected chi connectivity index (χ1v) is 7.24. The summed E-state index contributed by atoms with van der Waals surface area (Å²) in [5.41, 5.74) is 6.51. The lowest BCUT2D eigenvalue weighted by molar-refractivity contribution is 0.454. The van der Waals surface area contributed by atoms with Crippen LogP contribution in [0.25, 0.3) is 0 Å². The Labute approximate surface area is 108 Å². The van der Waals surface area contributed by atoms with Crippen molar-refractivity contribution in [3.8, 4) is 0 Å². The molecule has 96 valence electrons. The number of hydrogen-bond acceptors (Lipinski definition) is 6. The number of sulfonamides is 1. The summed E-state index contributed by atoms with van der Waals surface area (Å²) in [7, 11) is -3.80. The van der Waals surface area contributed by atoms with Crippen LogP contribution in [0.5, 0.6) is 0 Å². The first kappa shape index (κ1) is 12.9. The van der Waals surface area contributed by atoms with Crippen molar-refractivity contribution in [3.63, 3.8) is 0 Å². The average molecular weight is 285 g/mol. The second-order valence-electron chi connectivity index (χ2n) is 3.59. The smallest absolute Gasteiger partial charge is 0.260 e. The van der Waals surface area contributed by atoms with Crippen molar-refractivity contribution in [3.05, 3.63) is 30.2 Å². The second-order valence-corrected chi connectivity index (χ2v) is 6.11. The van der Waals surface area contributed by atoms with Crippen LogP contribution in [0, 0.1) is 6.92 Å². The molecule has 0 atom stereocenters. The van der Waals surface area contributed by atoms with E-state index in [1.807, 2.05) is 0 Å². The molecular weight excluding hydrogens is 274 g/mol. The molecule has 6 nitrogen and oxygen atoms in total. The van der Waals surface area contributed by atoms with Crippen molar-refractivity contribution in [1.29, 1.82) is 0 Å². The highest BCUT2D eigenvalue weighted by Gasteiger charge is 2.17. The van der Waals surface area contributed by atoms with Crippen molar-refractivity contribution in [2.75, 3.05) is 5.73 Å². The van der Waals surface area contributed by atoms with E-state index in [-0.39, 0.29) is 4.90 Å². The topological polar surface area (TPSA) is 112 Å². The molecule has 0 saturated carbocycles. The molecule has 1 aromatic carbocycles. The number of primary sulfonamides is 1. The molecule has 0 aliphatic rings. The average Bonchev–Trinajstić information content (AvgIpc) is 2.74. The zero-order valence-electron chi connectivity index (χ0n) is 9.45. The van der Waals surface area contributed by atoms with Gasteiger partial charge in [-0.1, -0.05) is 0 Å². The molecule has 0 amide bonds. The molecule has 18 heavy (non-hydrogen) atoms. The Hall–Kier alpha value is -1.51. The minimum absolute atomic E-state index is 0.0107. The fourth-order valence-electron chi connectivity index (χ4n) is 1.44. The van der Waals surface area contributed by atoms with Crippen LogP contribution in [0.3, 0.4) is 0 Å². The quantitative estimate of drug-likeness (QED) is 0.823. The van der Waals surface area contributed by atoms with Crippen LogP contribution < -0.4 is 10.9 Å². The maximum atomic E-state index is 11.4. The van der Waals surface area contributed by atoms with Gasteiger partial charge < -0.3 is 10.2 Å². The van der Waals surface area contributed by atoms with Gasteiger partial charge in [-0.2, -0.15) is 0 Å². The summed E-state index contributed by atoms with van der Waals surface area (Å²) in [6.45, 7) is 1.66. The van der Waals surface area contributed by atoms with Crippen molar-refractivity contribution in [1.82, 2.24) is 4.98 Å². The van der Waals surface area contributed by atoms with Gasteiger partial charge in [-0.05, 0) is 36.4 Å². The van der Waals surface area contributed by atoms with Gasteiger partial charge in [-0.15, -0.1) is 0 Å². The third-order valence-electron chi connectivity index (χ3n) is 2.25. The van der Waals surface area contributed by atoms with Crippen LogP contribution in [0.15, 0.2) is 44.0 Å². The van der Waals surface area contributed by atoms with Crippen LogP contribution in [0.4, 0.5) is 5.69 Å². The molecule has 1 aromatic heterocycles. The van der Waals surface area contributed by atoms with Crippen LogP contribution in [-0.2, 0) is 10.0 Å². The monoisotopic (exact) mass is 285 g/mol. The van der Waals surface area contributed by atoms with E-state index in [0.717, 1.165) is 0 Å². The summed E-state index contributed by atoms with van der Waals surface area (Å²) in [5, 5.41) is 5.54. The van der Waals surface area contributed by atoms with E-state index in [9.17, 15) is 8.42 Å². The minimum Gasteiger partial charge on any atom is -0.440 e. The van der Waals surface area contributed by atoms with E-state index >= 15 is 0 Å². The van der Waals surface area contributed by atoms with Crippen LogP contribution >= 0.6 is 11.8 Å². The van der Waals surface area contributed by atoms with Gasteiger partial charge in [0.2, 0.25) is 10.0 Å². The lowest BCUT2D eigenvalue weighted by Gasteiger charge is -2.09. The van der Waals surface area contributed by atoms with Crippen molar-refractivity contribution < 1.29 is 12.8 Å². The molecule has 0 aliphatic heterocycles. The van der Waals surface area contributed by atoms with Crippen LogP contribution in [0.1, 0.15) is 5.56 Å². The van der Waals surface area contributed by atoms with Crippen molar-refractivity contribution in [2.45, 2.75) is 21.9 Å². The van der Waals surface area contributed by atoms with Gasteiger partial charge in [0.05, 0.1) is 11.1 Å². The molecule has 0 bridgehead atoms. The number of oxazole rings is 1. The summed E-state index contributed by atoms with van der Waals surface area (Å²) in [6.07, 6.45) is 2.94. The molecule has 0 spiro atoms. The normalized spacial score (nSPS) is 11.7. The Morgan fingerprint density at radius 1 is 1.39 bits per heavy atom. The molecule has 0 radical (unpaired) electrons. The maximum Gasteiger partial charge on any atom is 0.260 e. The number of rotatable bonds is 3. The number of aromatic nitrogens is 1. The Balaban J connectivity index is 2.52. The molecule has 2 aromatic rings. The number of nitrogen functional groups attached to an aromatic ring is 1. The summed E-state index contributed by atoms with van der Waals surface area (Å²) in [4.78, 5) is 4.60. The van der Waals surface area contributed by atoms with E-state index in [1.54, 1.807) is 13.0 Å². The predicted molar refractivity (Wildman–Crippen MR) is 67.6 cm³/mol. The van der Waals surface area contributed by atoms with Gasteiger partial charge >= 0.3 is 0 Å². The highest BCUT2D eigenvalue weighted by molar-refractivity contribution is 7.99. The van der Waals surface area contributed by atoms with Crippen molar-refractivity contribution in [2.24, 2.45) is 5.14 Å². The molecule has 2 rings (SSSR count). The van der Waals surface area contributed by atoms with Gasteiger partial charge in [-0.25, -0.2) is 18.5 Å². The molecule has 4 N–H and O–H groups in total. The van der Waals surface area contributed by atoms with Crippen molar-refractivity contribution >= 4 is 27.5 Å². The van der Waals surface area contributed by atoms with Gasteiger partial charge in [0.25, 0.3) is 5.22 Å². The summed E-state index contributed by atoms with van der Waals surface area (Å²) < 4.78 is 28.0. The van der Waals surface area contributed by atoms with Gasteiger partial charge in [0.15, 0.2) is 0 Å². The van der Waals surface area contributed by atoms with E-state index < -0.39 is 10.0 Å². The standard InChI is InChI=1S/C10H11N3O3S2/c1-6-8(17-10-13-2-3-16-10)4-7(11)5-9(6)18(12,14)15/h2-5H,11H2,1H3,(H2,12,14,15). The fraction of sp³-hybridized carbons (Fsp3) is 0.100. The SMILES string of the molecule is Cc1c(Sc2ncco2)cc(N)cc1S(N)(=O)=O. The molecule has 0 fully saturated rings. The highest BCUT2D eigenvalue weighted by Crippen LogP contribution is 2.33. The highest BCUT2D eigenvalue weighted by atomic mass is 32.2. The van der Waals surface area contributed by atoms with E-state index in [1.165, 1.54) is 30.3 Å². The third kappa shape index (κ3) is 2.66. The van der Waals surface area contributed by atoms with E-state index in [4.69, 9.17) is 15.3 Å². The fourth-order valence-corrected chi connectivity index (χ4v) is 3.20. The molecule has 1 heterocycles. The number of nitrogens with zero attached hydrogens (tertiary/aromatic N) is 1. The Morgan fingerprint density at radius 2 is 2.11 bits per heavy atom. The first-order valence-electron chi connectivity index (χ1n) is 4.88. The second kappa shape index (κ2) is 4.63. The van der Waals surface area contributed by atoms with Gasteiger partial charge in [-0.3, -0.25) is 0 Å². The lowest BCUT2D eigenvalue weighted by Crippen LogP contribution is -2.14. The molecule has 0 saturated heterocycles. The lowest BCUT2D eigenvalue weighted by atomic mass is 10.2. The Kier molecular flexibility index (Phi) is 3.33. The molecule has 0 aliphatic carbocycles. The largest absolute Gasteiger partial charge is 0.440 e. The number of hydrogen-bond donors (Lipinski definition) is 2. The molecule has 0 unspecified atom stereocenters. The van der Waals surface area contributed by atoms with E-state index in [0.29, 0.717) is 21.4 Å². The van der Waals surface area contributed by atoms with Gasteiger partial charge in [0, 0.05) is 10.6 Å². The zero-order valence-corrected chi connectivity index (χ0v) is 11.1. The number of benzene rings is 1.